The summed E-state index contributed by atoms with van der Waals surface area (Å²) in [6, 6.07) is 14.2. The van der Waals surface area contributed by atoms with Gasteiger partial charge >= 0.3 is 6.09 Å². The third-order valence-corrected chi connectivity index (χ3v) is 5.07. The average Bonchev–Trinajstić information content (AvgIpc) is 2.65. The van der Waals surface area contributed by atoms with Gasteiger partial charge in [0.05, 0.1) is 22.6 Å². The summed E-state index contributed by atoms with van der Waals surface area (Å²) in [7, 11) is 0. The van der Waals surface area contributed by atoms with Crippen molar-refractivity contribution in [3.8, 4) is 5.69 Å². The maximum Gasteiger partial charge on any atom is 0.408 e. The largest absolute Gasteiger partial charge is 0.465 e. The maximum atomic E-state index is 13.6. The van der Waals surface area contributed by atoms with E-state index >= 15 is 0 Å². The van der Waals surface area contributed by atoms with Gasteiger partial charge in [-0.1, -0.05) is 37.3 Å². The number of rotatable bonds is 4. The first-order valence-corrected chi connectivity index (χ1v) is 9.76. The third kappa shape index (κ3) is 3.75. The van der Waals surface area contributed by atoms with Crippen LogP contribution in [0, 0.1) is 6.92 Å². The van der Waals surface area contributed by atoms with Gasteiger partial charge < -0.3 is 5.11 Å². The molecular weight excluding hydrogens is 366 g/mol. The van der Waals surface area contributed by atoms with Crippen molar-refractivity contribution in [2.45, 2.75) is 52.6 Å². The number of amides is 1. The quantitative estimate of drug-likeness (QED) is 0.682. The summed E-state index contributed by atoms with van der Waals surface area (Å²) >= 11 is 0. The van der Waals surface area contributed by atoms with Crippen molar-refractivity contribution in [2.24, 2.45) is 0 Å². The molecule has 1 aromatic heterocycles. The minimum absolute atomic E-state index is 0.188. The molecule has 0 aliphatic carbocycles. The van der Waals surface area contributed by atoms with Gasteiger partial charge in [-0.05, 0) is 57.9 Å². The van der Waals surface area contributed by atoms with Crippen LogP contribution < -0.4 is 5.56 Å². The van der Waals surface area contributed by atoms with E-state index in [0.717, 1.165) is 5.56 Å². The molecule has 6 nitrogen and oxygen atoms in total. The fraction of sp³-hybridized carbons (Fsp3) is 0.348. The van der Waals surface area contributed by atoms with Gasteiger partial charge in [0.25, 0.3) is 5.56 Å². The Bertz CT molecular complexity index is 1100. The molecule has 0 spiro atoms. The Hall–Kier alpha value is -3.15. The van der Waals surface area contributed by atoms with Gasteiger partial charge in [-0.25, -0.2) is 9.78 Å². The molecule has 0 bridgehead atoms. The van der Waals surface area contributed by atoms with E-state index in [9.17, 15) is 14.7 Å². The minimum Gasteiger partial charge on any atom is -0.465 e. The van der Waals surface area contributed by atoms with Gasteiger partial charge in [0.15, 0.2) is 0 Å². The van der Waals surface area contributed by atoms with Crippen LogP contribution in [0.2, 0.25) is 0 Å². The van der Waals surface area contributed by atoms with Crippen LogP contribution in [0.25, 0.3) is 16.6 Å². The molecule has 6 heteroatoms. The van der Waals surface area contributed by atoms with Crippen LogP contribution in [0.3, 0.4) is 0 Å². The van der Waals surface area contributed by atoms with Crippen molar-refractivity contribution in [1.29, 1.82) is 0 Å². The number of nitrogens with zero attached hydrogens (tertiary/aromatic N) is 3. The Kier molecular flexibility index (Phi) is 5.46. The summed E-state index contributed by atoms with van der Waals surface area (Å²) in [5.74, 6) is 0.430. The normalized spacial score (nSPS) is 12.7. The van der Waals surface area contributed by atoms with Crippen LogP contribution in [-0.4, -0.2) is 31.2 Å². The zero-order valence-electron chi connectivity index (χ0n) is 17.5. The van der Waals surface area contributed by atoms with Crippen molar-refractivity contribution in [3.63, 3.8) is 0 Å². The molecule has 1 N–H and O–H groups in total. The van der Waals surface area contributed by atoms with Crippen LogP contribution in [0.5, 0.6) is 0 Å². The molecule has 1 atom stereocenters. The minimum atomic E-state index is -1.04. The molecular formula is C23H27N3O3. The highest BCUT2D eigenvalue weighted by molar-refractivity contribution is 5.81. The highest BCUT2D eigenvalue weighted by Gasteiger charge is 2.36. The van der Waals surface area contributed by atoms with Crippen LogP contribution in [0.4, 0.5) is 4.79 Å². The lowest BCUT2D eigenvalue weighted by molar-refractivity contribution is 0.0646. The van der Waals surface area contributed by atoms with E-state index in [4.69, 9.17) is 4.98 Å². The van der Waals surface area contributed by atoms with E-state index in [1.807, 2.05) is 77.1 Å². The van der Waals surface area contributed by atoms with E-state index < -0.39 is 17.7 Å². The predicted molar refractivity (Wildman–Crippen MR) is 115 cm³/mol. The standard InChI is InChI=1S/C23H27N3O3/c1-6-18(26(22(28)29)23(3,4)5)20-24-17-14-10-11-15(2)19(17)21(27)25(20)16-12-8-7-9-13-16/h7-14,18H,6H2,1-5H3,(H,28,29). The van der Waals surface area contributed by atoms with E-state index in [2.05, 4.69) is 0 Å². The highest BCUT2D eigenvalue weighted by atomic mass is 16.4. The second kappa shape index (κ2) is 7.70. The molecule has 0 aliphatic heterocycles. The summed E-state index contributed by atoms with van der Waals surface area (Å²) in [6.45, 7) is 9.34. The predicted octanol–water partition coefficient (Wildman–Crippen LogP) is 4.92. The van der Waals surface area contributed by atoms with Crippen molar-refractivity contribution in [1.82, 2.24) is 14.5 Å². The molecule has 3 rings (SSSR count). The fourth-order valence-electron chi connectivity index (χ4n) is 3.83. The van der Waals surface area contributed by atoms with Gasteiger partial charge in [-0.15, -0.1) is 0 Å². The van der Waals surface area contributed by atoms with Gasteiger partial charge in [0, 0.05) is 5.54 Å². The first-order chi connectivity index (χ1) is 13.7. The summed E-state index contributed by atoms with van der Waals surface area (Å²) in [5, 5.41) is 10.5. The van der Waals surface area contributed by atoms with Crippen molar-refractivity contribution < 1.29 is 9.90 Å². The second-order valence-electron chi connectivity index (χ2n) is 8.16. The number of hydrogen-bond acceptors (Lipinski definition) is 3. The average molecular weight is 393 g/mol. The van der Waals surface area contributed by atoms with Crippen LogP contribution in [0.1, 0.15) is 51.5 Å². The molecule has 0 saturated heterocycles. The third-order valence-electron chi connectivity index (χ3n) is 5.07. The van der Waals surface area contributed by atoms with Gasteiger partial charge in [0.2, 0.25) is 0 Å². The number of benzene rings is 2. The molecule has 0 aliphatic rings. The van der Waals surface area contributed by atoms with Crippen LogP contribution in [-0.2, 0) is 0 Å². The Morgan fingerprint density at radius 2 is 1.79 bits per heavy atom. The van der Waals surface area contributed by atoms with Gasteiger partial charge in [0.1, 0.15) is 5.82 Å². The van der Waals surface area contributed by atoms with Crippen molar-refractivity contribution >= 4 is 17.0 Å². The molecule has 2 aromatic carbocycles. The summed E-state index contributed by atoms with van der Waals surface area (Å²) in [6.07, 6.45) is -0.553. The van der Waals surface area contributed by atoms with E-state index in [1.54, 1.807) is 10.6 Å². The van der Waals surface area contributed by atoms with Crippen LogP contribution >= 0.6 is 0 Å². The summed E-state index contributed by atoms with van der Waals surface area (Å²) < 4.78 is 1.56. The number of fused-ring (bicyclic) bond motifs is 1. The monoisotopic (exact) mass is 393 g/mol. The lowest BCUT2D eigenvalue weighted by atomic mass is 10.0. The molecule has 29 heavy (non-hydrogen) atoms. The van der Waals surface area contributed by atoms with Gasteiger partial charge in [-0.3, -0.25) is 14.3 Å². The van der Waals surface area contributed by atoms with Crippen molar-refractivity contribution in [3.05, 3.63) is 70.3 Å². The molecule has 1 amide bonds. The van der Waals surface area contributed by atoms with E-state index in [1.165, 1.54) is 4.90 Å². The molecule has 0 saturated carbocycles. The Morgan fingerprint density at radius 1 is 1.14 bits per heavy atom. The number of carboxylic acid groups (broad SMARTS) is 1. The maximum absolute atomic E-state index is 13.6. The van der Waals surface area contributed by atoms with Gasteiger partial charge in [-0.2, -0.15) is 0 Å². The number of aromatic nitrogens is 2. The van der Waals surface area contributed by atoms with Crippen molar-refractivity contribution in [2.75, 3.05) is 0 Å². The zero-order valence-corrected chi connectivity index (χ0v) is 17.5. The summed E-state index contributed by atoms with van der Waals surface area (Å²) in [5.41, 5.74) is 1.24. The highest BCUT2D eigenvalue weighted by Crippen LogP contribution is 2.31. The first-order valence-electron chi connectivity index (χ1n) is 9.76. The lowest BCUT2D eigenvalue weighted by Crippen LogP contribution is -2.48. The lowest BCUT2D eigenvalue weighted by Gasteiger charge is -2.39. The smallest absolute Gasteiger partial charge is 0.408 e. The summed E-state index contributed by atoms with van der Waals surface area (Å²) in [4.78, 5) is 32.0. The number of para-hydroxylation sites is 1. The molecule has 1 heterocycles. The SMILES string of the molecule is CCC(c1nc2cccc(C)c2c(=O)n1-c1ccccc1)N(C(=O)O)C(C)(C)C. The second-order valence-corrected chi connectivity index (χ2v) is 8.16. The van der Waals surface area contributed by atoms with E-state index in [-0.39, 0.29) is 5.56 Å². The first kappa shape index (κ1) is 20.6. The Labute approximate surface area is 170 Å². The van der Waals surface area contributed by atoms with E-state index in [0.29, 0.717) is 28.8 Å². The zero-order chi connectivity index (χ0) is 21.3. The molecule has 0 fully saturated rings. The number of hydrogen-bond donors (Lipinski definition) is 1. The van der Waals surface area contributed by atoms with Crippen LogP contribution in [0.15, 0.2) is 53.3 Å². The number of aryl methyl sites for hydroxylation is 1. The molecule has 3 aromatic rings. The molecule has 152 valence electrons. The molecule has 0 radical (unpaired) electrons. The Morgan fingerprint density at radius 3 is 2.34 bits per heavy atom. The fourth-order valence-corrected chi connectivity index (χ4v) is 3.83. The Balaban J connectivity index is 2.42. The topological polar surface area (TPSA) is 75.4 Å². The number of carbonyl (C=O) groups is 1. The molecule has 1 unspecified atom stereocenters.